The molecule has 0 heterocycles. The zero-order valence-electron chi connectivity index (χ0n) is 8.32. The molecule has 4 heteroatoms. The summed E-state index contributed by atoms with van der Waals surface area (Å²) in [6.07, 6.45) is 1.22. The second kappa shape index (κ2) is 4.73. The number of hydrogen-bond acceptors (Lipinski definition) is 2. The monoisotopic (exact) mass is 290 g/mol. The third-order valence-electron chi connectivity index (χ3n) is 2.54. The molecule has 1 fully saturated rings. The van der Waals surface area contributed by atoms with Gasteiger partial charge in [0.15, 0.2) is 0 Å². The minimum Gasteiger partial charge on any atom is -0.488 e. The van der Waals surface area contributed by atoms with Crippen molar-refractivity contribution in [2.24, 2.45) is 0 Å². The largest absolute Gasteiger partial charge is 0.488 e. The van der Waals surface area contributed by atoms with Crippen LogP contribution in [0, 0.1) is 0 Å². The fraction of sp³-hybridized carbons (Fsp3) is 0.455. The minimum atomic E-state index is 0.123. The Balaban J connectivity index is 1.98. The first kappa shape index (κ1) is 11.2. The molecule has 3 atom stereocenters. The molecule has 2 nitrogen and oxygen atoms in total. The van der Waals surface area contributed by atoms with Crippen LogP contribution in [0.2, 0.25) is 5.02 Å². The van der Waals surface area contributed by atoms with Gasteiger partial charge in [0.2, 0.25) is 0 Å². The van der Waals surface area contributed by atoms with Crippen molar-refractivity contribution in [1.82, 2.24) is 0 Å². The minimum absolute atomic E-state index is 0.123. The van der Waals surface area contributed by atoms with Crippen molar-refractivity contribution in [2.45, 2.75) is 23.5 Å². The molecule has 0 N–H and O–H groups in total. The second-order valence-corrected chi connectivity index (χ2v) is 5.18. The van der Waals surface area contributed by atoms with Crippen molar-refractivity contribution >= 4 is 27.5 Å². The molecule has 1 aliphatic carbocycles. The summed E-state index contributed by atoms with van der Waals surface area (Å²) >= 11 is 9.39. The molecule has 0 saturated heterocycles. The van der Waals surface area contributed by atoms with E-state index < -0.39 is 0 Å². The summed E-state index contributed by atoms with van der Waals surface area (Å²) in [7, 11) is 1.70. The summed E-state index contributed by atoms with van der Waals surface area (Å²) in [6.45, 7) is 0. The van der Waals surface area contributed by atoms with Crippen LogP contribution in [-0.4, -0.2) is 24.1 Å². The molecule has 0 aromatic heterocycles. The van der Waals surface area contributed by atoms with Crippen LogP contribution in [0.4, 0.5) is 0 Å². The number of alkyl halides is 1. The van der Waals surface area contributed by atoms with Gasteiger partial charge in [-0.3, -0.25) is 0 Å². The molecule has 3 unspecified atom stereocenters. The van der Waals surface area contributed by atoms with Crippen LogP contribution in [0.5, 0.6) is 5.75 Å². The van der Waals surface area contributed by atoms with Gasteiger partial charge in [0, 0.05) is 23.4 Å². The van der Waals surface area contributed by atoms with Gasteiger partial charge in [0.25, 0.3) is 0 Å². The lowest BCUT2D eigenvalue weighted by molar-refractivity contribution is -0.0544. The molecule has 0 radical (unpaired) electrons. The number of rotatable bonds is 3. The summed E-state index contributed by atoms with van der Waals surface area (Å²) < 4.78 is 11.1. The van der Waals surface area contributed by atoms with E-state index in [1.165, 1.54) is 0 Å². The quantitative estimate of drug-likeness (QED) is 0.796. The maximum Gasteiger partial charge on any atom is 0.127 e. The van der Waals surface area contributed by atoms with Gasteiger partial charge in [-0.05, 0) is 18.2 Å². The normalized spacial score (nSPS) is 29.7. The molecule has 0 bridgehead atoms. The molecule has 1 aromatic rings. The maximum absolute atomic E-state index is 5.87. The van der Waals surface area contributed by atoms with E-state index in [4.69, 9.17) is 21.1 Å². The van der Waals surface area contributed by atoms with Crippen molar-refractivity contribution in [1.29, 1.82) is 0 Å². The lowest BCUT2D eigenvalue weighted by atomic mass is 9.91. The van der Waals surface area contributed by atoms with Gasteiger partial charge in [-0.2, -0.15) is 0 Å². The Hall–Kier alpha value is -0.250. The maximum atomic E-state index is 5.87. The van der Waals surface area contributed by atoms with Crippen LogP contribution in [0.3, 0.4) is 0 Å². The average Bonchev–Trinajstić information content (AvgIpc) is 2.17. The molecular weight excluding hydrogens is 279 g/mol. The molecule has 0 aliphatic heterocycles. The van der Waals surface area contributed by atoms with E-state index in [-0.39, 0.29) is 12.2 Å². The smallest absolute Gasteiger partial charge is 0.127 e. The molecular formula is C11H12BrClO2. The highest BCUT2D eigenvalue weighted by Gasteiger charge is 2.41. The van der Waals surface area contributed by atoms with E-state index in [1.54, 1.807) is 7.11 Å². The number of benzene rings is 1. The molecule has 1 saturated carbocycles. The van der Waals surface area contributed by atoms with Gasteiger partial charge in [0.05, 0.1) is 0 Å². The van der Waals surface area contributed by atoms with Crippen molar-refractivity contribution in [3.63, 3.8) is 0 Å². The number of hydrogen-bond donors (Lipinski definition) is 0. The predicted molar refractivity (Wildman–Crippen MR) is 64.0 cm³/mol. The highest BCUT2D eigenvalue weighted by molar-refractivity contribution is 9.09. The van der Waals surface area contributed by atoms with Crippen LogP contribution in [-0.2, 0) is 4.74 Å². The van der Waals surface area contributed by atoms with Crippen molar-refractivity contribution in [3.05, 3.63) is 29.3 Å². The summed E-state index contributed by atoms with van der Waals surface area (Å²) in [5.74, 6) is 0.800. The van der Waals surface area contributed by atoms with E-state index in [1.807, 2.05) is 24.3 Å². The molecule has 15 heavy (non-hydrogen) atoms. The van der Waals surface area contributed by atoms with Crippen molar-refractivity contribution in [3.8, 4) is 5.75 Å². The Morgan fingerprint density at radius 3 is 2.87 bits per heavy atom. The first-order chi connectivity index (χ1) is 7.20. The SMILES string of the molecule is COC1C(Br)CC1Oc1cccc(Cl)c1. The zero-order valence-corrected chi connectivity index (χ0v) is 10.7. The Bertz CT molecular complexity index is 345. The number of methoxy groups -OCH3 is 1. The Morgan fingerprint density at radius 2 is 2.27 bits per heavy atom. The molecule has 82 valence electrons. The van der Waals surface area contributed by atoms with Crippen LogP contribution in [0.15, 0.2) is 24.3 Å². The van der Waals surface area contributed by atoms with Crippen LogP contribution >= 0.6 is 27.5 Å². The van der Waals surface area contributed by atoms with Crippen LogP contribution in [0.25, 0.3) is 0 Å². The molecule has 1 aromatic carbocycles. The summed E-state index contributed by atoms with van der Waals surface area (Å²) in [4.78, 5) is 0.395. The highest BCUT2D eigenvalue weighted by Crippen LogP contribution is 2.34. The first-order valence-electron chi connectivity index (χ1n) is 4.80. The van der Waals surface area contributed by atoms with Crippen LogP contribution < -0.4 is 4.74 Å². The van der Waals surface area contributed by atoms with Gasteiger partial charge in [-0.15, -0.1) is 0 Å². The van der Waals surface area contributed by atoms with Crippen molar-refractivity contribution in [2.75, 3.05) is 7.11 Å². The molecule has 0 amide bonds. The predicted octanol–water partition coefficient (Wildman–Crippen LogP) is 3.27. The first-order valence-corrected chi connectivity index (χ1v) is 6.09. The van der Waals surface area contributed by atoms with Gasteiger partial charge in [-0.25, -0.2) is 0 Å². The van der Waals surface area contributed by atoms with E-state index >= 15 is 0 Å². The third kappa shape index (κ3) is 2.47. The molecule has 2 rings (SSSR count). The van der Waals surface area contributed by atoms with E-state index in [0.717, 1.165) is 12.2 Å². The summed E-state index contributed by atoms with van der Waals surface area (Å²) in [5, 5.41) is 0.691. The fourth-order valence-corrected chi connectivity index (χ4v) is 2.76. The number of halogens is 2. The van der Waals surface area contributed by atoms with Crippen LogP contribution in [0.1, 0.15) is 6.42 Å². The standard InChI is InChI=1S/C11H12BrClO2/c1-14-11-9(12)6-10(11)15-8-4-2-3-7(13)5-8/h2-5,9-11H,6H2,1H3. The Morgan fingerprint density at radius 1 is 1.47 bits per heavy atom. The number of ether oxygens (including phenoxy) is 2. The summed E-state index contributed by atoms with van der Waals surface area (Å²) in [5.41, 5.74) is 0. The third-order valence-corrected chi connectivity index (χ3v) is 3.67. The Labute approximate surface area is 103 Å². The lowest BCUT2D eigenvalue weighted by Crippen LogP contribution is -2.51. The lowest BCUT2D eigenvalue weighted by Gasteiger charge is -2.40. The summed E-state index contributed by atoms with van der Waals surface area (Å²) in [6, 6.07) is 7.43. The van der Waals surface area contributed by atoms with Gasteiger partial charge >= 0.3 is 0 Å². The van der Waals surface area contributed by atoms with E-state index in [0.29, 0.717) is 9.85 Å². The fourth-order valence-electron chi connectivity index (χ4n) is 1.66. The Kier molecular flexibility index (Phi) is 3.54. The topological polar surface area (TPSA) is 18.5 Å². The zero-order chi connectivity index (χ0) is 10.8. The van der Waals surface area contributed by atoms with E-state index in [9.17, 15) is 0 Å². The van der Waals surface area contributed by atoms with Crippen molar-refractivity contribution < 1.29 is 9.47 Å². The van der Waals surface area contributed by atoms with Gasteiger partial charge in [-0.1, -0.05) is 33.6 Å². The van der Waals surface area contributed by atoms with Gasteiger partial charge < -0.3 is 9.47 Å². The average molecular weight is 292 g/mol. The molecule has 0 spiro atoms. The second-order valence-electron chi connectivity index (χ2n) is 3.57. The van der Waals surface area contributed by atoms with Gasteiger partial charge in [0.1, 0.15) is 18.0 Å². The molecule has 1 aliphatic rings. The highest BCUT2D eigenvalue weighted by atomic mass is 79.9. The van der Waals surface area contributed by atoms with E-state index in [2.05, 4.69) is 15.9 Å².